The first kappa shape index (κ1) is 7.82. The number of hydrogen-bond donors (Lipinski definition) is 1. The summed E-state index contributed by atoms with van der Waals surface area (Å²) in [6.45, 7) is 3.97. The Morgan fingerprint density at radius 3 is 2.25 bits per heavy atom. The molecule has 0 radical (unpaired) electrons. The van der Waals surface area contributed by atoms with E-state index in [1.165, 1.54) is 6.21 Å². The second-order valence-electron chi connectivity index (χ2n) is 2.05. The van der Waals surface area contributed by atoms with Gasteiger partial charge in [-0.15, -0.1) is 5.16 Å². The van der Waals surface area contributed by atoms with Gasteiger partial charge in [0.1, 0.15) is 0 Å². The summed E-state index contributed by atoms with van der Waals surface area (Å²) in [6.07, 6.45) is 3.49. The number of oxime groups is 1. The van der Waals surface area contributed by atoms with Gasteiger partial charge >= 0.3 is 0 Å². The molecular weight excluding hydrogens is 122 g/mol. The van der Waals surface area contributed by atoms with Crippen molar-refractivity contribution in [2.45, 2.75) is 18.6 Å². The fourth-order valence-corrected chi connectivity index (χ4v) is 0.344. The summed E-state index contributed by atoms with van der Waals surface area (Å²) in [4.78, 5) is 0. The maximum atomic E-state index is 8.09. The van der Waals surface area contributed by atoms with Crippen molar-refractivity contribution in [3.8, 4) is 0 Å². The van der Waals surface area contributed by atoms with Crippen LogP contribution in [-0.2, 0) is 0 Å². The molecule has 0 aromatic carbocycles. The van der Waals surface area contributed by atoms with Gasteiger partial charge in [-0.05, 0) is 20.1 Å². The van der Waals surface area contributed by atoms with Crippen molar-refractivity contribution in [3.63, 3.8) is 0 Å². The summed E-state index contributed by atoms with van der Waals surface area (Å²) in [6, 6.07) is 0. The molecule has 0 aliphatic carbocycles. The minimum atomic E-state index is -0.0330. The minimum Gasteiger partial charge on any atom is -0.411 e. The molecule has 1 N–H and O–H groups in total. The smallest absolute Gasteiger partial charge is 0.0591 e. The Morgan fingerprint density at radius 2 is 2.12 bits per heavy atom. The highest BCUT2D eigenvalue weighted by Gasteiger charge is 2.11. The normalized spacial score (nSPS) is 12.9. The Balaban J connectivity index is 3.71. The second kappa shape index (κ2) is 2.97. The van der Waals surface area contributed by atoms with E-state index in [0.717, 1.165) is 0 Å². The highest BCUT2D eigenvalue weighted by Crippen LogP contribution is 2.17. The molecule has 0 bridgehead atoms. The lowest BCUT2D eigenvalue weighted by Crippen LogP contribution is -2.15. The van der Waals surface area contributed by atoms with Crippen LogP contribution < -0.4 is 0 Å². The van der Waals surface area contributed by atoms with E-state index in [4.69, 9.17) is 5.21 Å². The van der Waals surface area contributed by atoms with E-state index in [-0.39, 0.29) is 4.75 Å². The van der Waals surface area contributed by atoms with Crippen LogP contribution in [0.4, 0.5) is 0 Å². The minimum absolute atomic E-state index is 0.0330. The van der Waals surface area contributed by atoms with Gasteiger partial charge in [-0.25, -0.2) is 0 Å². The van der Waals surface area contributed by atoms with Gasteiger partial charge in [0.05, 0.1) is 6.21 Å². The highest BCUT2D eigenvalue weighted by atomic mass is 32.2. The van der Waals surface area contributed by atoms with Crippen LogP contribution >= 0.6 is 11.8 Å². The molecule has 2 nitrogen and oxygen atoms in total. The van der Waals surface area contributed by atoms with Crippen molar-refractivity contribution in [1.82, 2.24) is 0 Å². The molecule has 0 aromatic heterocycles. The zero-order valence-corrected chi connectivity index (χ0v) is 6.20. The molecular formula is C5H11NOS. The third kappa shape index (κ3) is 2.91. The van der Waals surface area contributed by atoms with Gasteiger partial charge in [-0.3, -0.25) is 0 Å². The Kier molecular flexibility index (Phi) is 2.90. The molecule has 0 fully saturated rings. The van der Waals surface area contributed by atoms with Crippen molar-refractivity contribution < 1.29 is 5.21 Å². The van der Waals surface area contributed by atoms with Crippen LogP contribution in [0.25, 0.3) is 0 Å². The third-order valence-corrected chi connectivity index (χ3v) is 2.05. The average molecular weight is 133 g/mol. The zero-order valence-electron chi connectivity index (χ0n) is 5.38. The monoisotopic (exact) mass is 133 g/mol. The van der Waals surface area contributed by atoms with Crippen molar-refractivity contribution in [1.29, 1.82) is 0 Å². The predicted molar refractivity (Wildman–Crippen MR) is 37.9 cm³/mol. The van der Waals surface area contributed by atoms with Crippen LogP contribution in [0.1, 0.15) is 13.8 Å². The topological polar surface area (TPSA) is 32.6 Å². The Labute approximate surface area is 54.0 Å². The quantitative estimate of drug-likeness (QED) is 0.352. The first-order valence-electron chi connectivity index (χ1n) is 2.36. The molecule has 8 heavy (non-hydrogen) atoms. The first-order valence-corrected chi connectivity index (χ1v) is 3.58. The van der Waals surface area contributed by atoms with Crippen LogP contribution in [0, 0.1) is 0 Å². The van der Waals surface area contributed by atoms with Crippen molar-refractivity contribution >= 4 is 18.0 Å². The fourth-order valence-electron chi connectivity index (χ4n) is 0.192. The summed E-state index contributed by atoms with van der Waals surface area (Å²) in [5, 5.41) is 11.0. The number of thioether (sulfide) groups is 1. The van der Waals surface area contributed by atoms with E-state index < -0.39 is 0 Å². The molecule has 0 aliphatic rings. The van der Waals surface area contributed by atoms with Gasteiger partial charge in [0.15, 0.2) is 0 Å². The van der Waals surface area contributed by atoms with Crippen molar-refractivity contribution in [3.05, 3.63) is 0 Å². The summed E-state index contributed by atoms with van der Waals surface area (Å²) in [5.74, 6) is 0. The molecule has 0 heterocycles. The van der Waals surface area contributed by atoms with Gasteiger partial charge in [-0.2, -0.15) is 11.8 Å². The summed E-state index contributed by atoms with van der Waals surface area (Å²) < 4.78 is -0.0330. The first-order chi connectivity index (χ1) is 3.62. The molecule has 0 atom stereocenters. The maximum absolute atomic E-state index is 8.09. The molecule has 0 unspecified atom stereocenters. The zero-order chi connectivity index (χ0) is 6.62. The molecule has 0 saturated carbocycles. The third-order valence-electron chi connectivity index (χ3n) is 0.895. The fraction of sp³-hybridized carbons (Fsp3) is 0.800. The van der Waals surface area contributed by atoms with Crippen LogP contribution in [0.15, 0.2) is 5.16 Å². The number of nitrogens with zero attached hydrogens (tertiary/aromatic N) is 1. The Morgan fingerprint density at radius 1 is 1.62 bits per heavy atom. The van der Waals surface area contributed by atoms with Crippen LogP contribution in [0.5, 0.6) is 0 Å². The average Bonchev–Trinajstić information content (AvgIpc) is 1.67. The van der Waals surface area contributed by atoms with Gasteiger partial charge in [0.25, 0.3) is 0 Å². The standard InChI is InChI=1S/C5H11NOS/c1-5(2,8-3)4-6-7/h4,7H,1-3H3/b6-4-. The van der Waals surface area contributed by atoms with E-state index in [2.05, 4.69) is 5.16 Å². The molecule has 48 valence electrons. The van der Waals surface area contributed by atoms with E-state index in [1.807, 2.05) is 20.1 Å². The van der Waals surface area contributed by atoms with Gasteiger partial charge < -0.3 is 5.21 Å². The Hall–Kier alpha value is -0.180. The van der Waals surface area contributed by atoms with Crippen LogP contribution in [0.2, 0.25) is 0 Å². The summed E-state index contributed by atoms with van der Waals surface area (Å²) in [5.41, 5.74) is 0. The molecule has 0 amide bonds. The molecule has 0 aliphatic heterocycles. The van der Waals surface area contributed by atoms with Crippen molar-refractivity contribution in [2.24, 2.45) is 5.16 Å². The van der Waals surface area contributed by atoms with Crippen LogP contribution in [-0.4, -0.2) is 22.4 Å². The van der Waals surface area contributed by atoms with Gasteiger partial charge in [0, 0.05) is 4.75 Å². The molecule has 3 heteroatoms. The second-order valence-corrected chi connectivity index (χ2v) is 3.51. The highest BCUT2D eigenvalue weighted by molar-refractivity contribution is 8.00. The lowest BCUT2D eigenvalue weighted by Gasteiger charge is -2.12. The molecule has 0 rings (SSSR count). The van der Waals surface area contributed by atoms with E-state index in [0.29, 0.717) is 0 Å². The number of rotatable bonds is 2. The van der Waals surface area contributed by atoms with E-state index in [1.54, 1.807) is 11.8 Å². The molecule has 0 saturated heterocycles. The van der Waals surface area contributed by atoms with Gasteiger partial charge in [0.2, 0.25) is 0 Å². The van der Waals surface area contributed by atoms with Crippen LogP contribution in [0.3, 0.4) is 0 Å². The largest absolute Gasteiger partial charge is 0.411 e. The maximum Gasteiger partial charge on any atom is 0.0591 e. The summed E-state index contributed by atoms with van der Waals surface area (Å²) >= 11 is 1.64. The number of hydrogen-bond acceptors (Lipinski definition) is 3. The molecule has 0 spiro atoms. The SMILES string of the molecule is CSC(C)(C)/C=N\O. The predicted octanol–water partition coefficient (Wildman–Crippen LogP) is 1.59. The van der Waals surface area contributed by atoms with Crippen molar-refractivity contribution in [2.75, 3.05) is 6.26 Å². The Bertz CT molecular complexity index is 90.4. The summed E-state index contributed by atoms with van der Waals surface area (Å²) in [7, 11) is 0. The van der Waals surface area contributed by atoms with Gasteiger partial charge in [-0.1, -0.05) is 0 Å². The lowest BCUT2D eigenvalue weighted by atomic mass is 10.2. The van der Waals surface area contributed by atoms with E-state index >= 15 is 0 Å². The van der Waals surface area contributed by atoms with E-state index in [9.17, 15) is 0 Å². The molecule has 0 aromatic rings. The lowest BCUT2D eigenvalue weighted by molar-refractivity contribution is 0.319.